The minimum atomic E-state index is 0. The van der Waals surface area contributed by atoms with E-state index >= 15 is 0 Å². The van der Waals surface area contributed by atoms with Crippen LogP contribution in [0.4, 0.5) is 0 Å². The van der Waals surface area contributed by atoms with E-state index in [1.807, 2.05) is 24.4 Å². The number of amides is 1. The lowest BCUT2D eigenvalue weighted by Gasteiger charge is -2.09. The summed E-state index contributed by atoms with van der Waals surface area (Å²) in [5, 5.41) is 11.5. The fourth-order valence-corrected chi connectivity index (χ4v) is 3.89. The van der Waals surface area contributed by atoms with Gasteiger partial charge in [0.25, 0.3) is 5.91 Å². The van der Waals surface area contributed by atoms with Crippen LogP contribution in [0.25, 0.3) is 22.3 Å². The Morgan fingerprint density at radius 2 is 2.07 bits per heavy atom. The second-order valence-electron chi connectivity index (χ2n) is 7.63. The highest BCUT2D eigenvalue weighted by molar-refractivity contribution is 6.00. The molecule has 0 bridgehead atoms. The average molecular weight is 402 g/mol. The number of unbranched alkanes of at least 4 members (excludes halogenated alkanes) is 1. The van der Waals surface area contributed by atoms with Gasteiger partial charge in [-0.3, -0.25) is 9.89 Å². The Bertz CT molecular complexity index is 959. The second-order valence-corrected chi connectivity index (χ2v) is 7.63. The highest BCUT2D eigenvalue weighted by Gasteiger charge is 2.21. The zero-order valence-corrected chi connectivity index (χ0v) is 17.3. The summed E-state index contributed by atoms with van der Waals surface area (Å²) in [6.07, 6.45) is 7.13. The van der Waals surface area contributed by atoms with E-state index in [-0.39, 0.29) is 18.3 Å². The number of carbonyl (C=O) groups excluding carboxylic acids is 1. The van der Waals surface area contributed by atoms with Gasteiger partial charge in [-0.05, 0) is 82.1 Å². The summed E-state index contributed by atoms with van der Waals surface area (Å²) >= 11 is 0. The molecule has 3 aromatic rings. The van der Waals surface area contributed by atoms with Crippen molar-refractivity contribution in [2.24, 2.45) is 0 Å². The summed E-state index contributed by atoms with van der Waals surface area (Å²) in [7, 11) is 4.14. The lowest BCUT2D eigenvalue weighted by atomic mass is 10.0. The van der Waals surface area contributed by atoms with E-state index in [9.17, 15) is 4.79 Å². The highest BCUT2D eigenvalue weighted by atomic mass is 35.5. The molecule has 7 heteroatoms. The van der Waals surface area contributed by atoms with Gasteiger partial charge in [-0.15, -0.1) is 12.4 Å². The van der Waals surface area contributed by atoms with Crippen molar-refractivity contribution in [1.82, 2.24) is 25.4 Å². The lowest BCUT2D eigenvalue weighted by Crippen LogP contribution is -2.25. The van der Waals surface area contributed by atoms with Crippen LogP contribution >= 0.6 is 12.4 Å². The summed E-state index contributed by atoms with van der Waals surface area (Å²) in [6, 6.07) is 5.95. The van der Waals surface area contributed by atoms with Gasteiger partial charge in [0, 0.05) is 23.0 Å². The number of benzene rings is 1. The smallest absolute Gasteiger partial charge is 0.251 e. The molecule has 1 aliphatic carbocycles. The van der Waals surface area contributed by atoms with Crippen LogP contribution in [-0.2, 0) is 12.8 Å². The van der Waals surface area contributed by atoms with Crippen molar-refractivity contribution in [2.45, 2.75) is 32.1 Å². The number of nitrogens with zero attached hydrogens (tertiary/aromatic N) is 2. The van der Waals surface area contributed by atoms with Crippen LogP contribution in [0, 0.1) is 0 Å². The number of aromatic nitrogens is 3. The average Bonchev–Trinajstić information content (AvgIpc) is 3.21. The predicted molar refractivity (Wildman–Crippen MR) is 115 cm³/mol. The minimum Gasteiger partial charge on any atom is -0.353 e. The Morgan fingerprint density at radius 3 is 2.89 bits per heavy atom. The van der Waals surface area contributed by atoms with Crippen molar-refractivity contribution >= 4 is 29.2 Å². The van der Waals surface area contributed by atoms with Crippen LogP contribution in [0.5, 0.6) is 0 Å². The Labute approximate surface area is 171 Å². The molecule has 0 unspecified atom stereocenters. The van der Waals surface area contributed by atoms with Gasteiger partial charge >= 0.3 is 0 Å². The van der Waals surface area contributed by atoms with Crippen LogP contribution in [0.3, 0.4) is 0 Å². The van der Waals surface area contributed by atoms with Gasteiger partial charge in [0.15, 0.2) is 0 Å². The molecule has 0 fully saturated rings. The standard InChI is InChI=1S/C21H27N5O.ClH/c1-26(2)11-4-3-10-22-21(27)14-8-9-18-17(12-14)16-7-5-6-15-13-23-25-19(15)20(16)24-18;/h8-9,12-13,24H,3-7,10-11H2,1-2H3,(H,22,27)(H,23,25);1H. The summed E-state index contributed by atoms with van der Waals surface area (Å²) in [4.78, 5) is 18.2. The highest BCUT2D eigenvalue weighted by Crippen LogP contribution is 2.35. The number of hydrogen-bond donors (Lipinski definition) is 3. The van der Waals surface area contributed by atoms with Gasteiger partial charge in [0.05, 0.1) is 17.6 Å². The van der Waals surface area contributed by atoms with E-state index in [2.05, 4.69) is 39.5 Å². The molecule has 0 aliphatic heterocycles. The molecule has 1 aromatic carbocycles. The summed E-state index contributed by atoms with van der Waals surface area (Å²) < 4.78 is 0. The van der Waals surface area contributed by atoms with Crippen LogP contribution in [-0.4, -0.2) is 53.2 Å². The molecule has 28 heavy (non-hydrogen) atoms. The Morgan fingerprint density at radius 1 is 1.21 bits per heavy atom. The monoisotopic (exact) mass is 401 g/mol. The molecule has 4 rings (SSSR count). The van der Waals surface area contributed by atoms with Gasteiger partial charge in [0.1, 0.15) is 0 Å². The molecule has 0 spiro atoms. The van der Waals surface area contributed by atoms with Crippen LogP contribution in [0.15, 0.2) is 24.4 Å². The quantitative estimate of drug-likeness (QED) is 0.553. The number of hydrogen-bond acceptors (Lipinski definition) is 3. The predicted octanol–water partition coefficient (Wildman–Crippen LogP) is 3.54. The molecule has 0 saturated heterocycles. The fraction of sp³-hybridized carbons (Fsp3) is 0.429. The first-order valence-electron chi connectivity index (χ1n) is 9.73. The summed E-state index contributed by atoms with van der Waals surface area (Å²) in [5.41, 5.74) is 6.56. The van der Waals surface area contributed by atoms with E-state index < -0.39 is 0 Å². The molecule has 150 valence electrons. The number of H-pyrrole nitrogens is 2. The molecule has 6 nitrogen and oxygen atoms in total. The number of halogens is 1. The zero-order chi connectivity index (χ0) is 18.8. The van der Waals surface area contributed by atoms with Gasteiger partial charge in [-0.2, -0.15) is 5.10 Å². The molecular formula is C21H28ClN5O. The number of rotatable bonds is 6. The third-order valence-corrected chi connectivity index (χ3v) is 5.33. The number of aromatic amines is 2. The lowest BCUT2D eigenvalue weighted by molar-refractivity contribution is 0.0953. The third kappa shape index (κ3) is 4.08. The van der Waals surface area contributed by atoms with E-state index in [0.717, 1.165) is 66.5 Å². The van der Waals surface area contributed by atoms with Crippen molar-refractivity contribution in [2.75, 3.05) is 27.2 Å². The third-order valence-electron chi connectivity index (χ3n) is 5.33. The molecule has 2 heterocycles. The maximum absolute atomic E-state index is 12.6. The normalized spacial score (nSPS) is 13.0. The van der Waals surface area contributed by atoms with Gasteiger partial charge < -0.3 is 15.2 Å². The number of aryl methyl sites for hydroxylation is 2. The van der Waals surface area contributed by atoms with Crippen LogP contribution < -0.4 is 5.32 Å². The molecule has 1 aliphatic rings. The Balaban J connectivity index is 0.00000225. The van der Waals surface area contributed by atoms with Gasteiger partial charge in [-0.25, -0.2) is 0 Å². The first kappa shape index (κ1) is 20.4. The minimum absolute atomic E-state index is 0. The van der Waals surface area contributed by atoms with E-state index in [1.165, 1.54) is 11.1 Å². The molecule has 0 saturated carbocycles. The van der Waals surface area contributed by atoms with Gasteiger partial charge in [0.2, 0.25) is 0 Å². The zero-order valence-electron chi connectivity index (χ0n) is 16.5. The molecule has 1 amide bonds. The molecule has 0 atom stereocenters. The summed E-state index contributed by atoms with van der Waals surface area (Å²) in [6.45, 7) is 1.76. The van der Waals surface area contributed by atoms with E-state index in [4.69, 9.17) is 0 Å². The number of carbonyl (C=O) groups is 1. The molecule has 0 radical (unpaired) electrons. The summed E-state index contributed by atoms with van der Waals surface area (Å²) in [5.74, 6) is 0.00699. The van der Waals surface area contributed by atoms with Gasteiger partial charge in [-0.1, -0.05) is 0 Å². The number of fused-ring (bicyclic) bond motifs is 5. The Hall–Kier alpha value is -2.31. The van der Waals surface area contributed by atoms with Crippen LogP contribution in [0.1, 0.15) is 40.7 Å². The van der Waals surface area contributed by atoms with Crippen molar-refractivity contribution in [1.29, 1.82) is 0 Å². The topological polar surface area (TPSA) is 76.8 Å². The second kappa shape index (κ2) is 8.80. The van der Waals surface area contributed by atoms with Crippen LogP contribution in [0.2, 0.25) is 0 Å². The molecule has 3 N–H and O–H groups in total. The van der Waals surface area contributed by atoms with Crippen molar-refractivity contribution in [3.63, 3.8) is 0 Å². The fourth-order valence-electron chi connectivity index (χ4n) is 3.89. The SMILES string of the molecule is CN(C)CCCCNC(=O)c1ccc2[nH]c3c(c2c1)CCCc1cn[nH]c1-3.Cl. The maximum atomic E-state index is 12.6. The first-order chi connectivity index (χ1) is 13.1. The molecular weight excluding hydrogens is 374 g/mol. The van der Waals surface area contributed by atoms with Crippen molar-refractivity contribution in [3.8, 4) is 11.4 Å². The van der Waals surface area contributed by atoms with Crippen molar-refractivity contribution in [3.05, 3.63) is 41.1 Å². The number of nitrogens with one attached hydrogen (secondary N) is 3. The van der Waals surface area contributed by atoms with E-state index in [0.29, 0.717) is 6.54 Å². The Kier molecular flexibility index (Phi) is 6.42. The maximum Gasteiger partial charge on any atom is 0.251 e. The first-order valence-corrected chi connectivity index (χ1v) is 9.73. The largest absolute Gasteiger partial charge is 0.353 e. The van der Waals surface area contributed by atoms with E-state index in [1.54, 1.807) is 0 Å². The van der Waals surface area contributed by atoms with Crippen molar-refractivity contribution < 1.29 is 4.79 Å². The molecule has 2 aromatic heterocycles.